The molecule has 2 aromatic rings. The fourth-order valence-electron chi connectivity index (χ4n) is 7.71. The smallest absolute Gasteiger partial charge is 0.388 e. The van der Waals surface area contributed by atoms with Gasteiger partial charge >= 0.3 is 6.18 Å². The van der Waals surface area contributed by atoms with Crippen molar-refractivity contribution in [3.8, 4) is 0 Å². The molecule has 3 fully saturated rings. The average Bonchev–Trinajstić information content (AvgIpc) is 3.30. The molecule has 2 saturated heterocycles. The Morgan fingerprint density at radius 1 is 0.953 bits per heavy atom. The Morgan fingerprint density at radius 2 is 1.58 bits per heavy atom. The molecule has 1 aromatic heterocycles. The van der Waals surface area contributed by atoms with Crippen molar-refractivity contribution >= 4 is 0 Å². The topological polar surface area (TPSA) is 60.8 Å². The van der Waals surface area contributed by atoms with Gasteiger partial charge in [-0.15, -0.1) is 0 Å². The Kier molecular flexibility index (Phi) is 8.70. The second kappa shape index (κ2) is 12.1. The minimum absolute atomic E-state index is 0.135. The molecule has 0 radical (unpaired) electrons. The van der Waals surface area contributed by atoms with E-state index in [0.717, 1.165) is 84.7 Å². The van der Waals surface area contributed by atoms with Gasteiger partial charge in [-0.05, 0) is 73.1 Å². The summed E-state index contributed by atoms with van der Waals surface area (Å²) in [4.78, 5) is 5.34. The van der Waals surface area contributed by atoms with Crippen LogP contribution in [-0.2, 0) is 32.4 Å². The largest absolute Gasteiger partial charge is 0.416 e. The SMILES string of the molecule is CCC(C)C.OC1CC2(CCC2)Cc2nc(C3CCOCC3)c3c(c21)C1(CCOCC1)OC3c1ccc(C(F)(F)F)cc1. The molecule has 2 aliphatic carbocycles. The summed E-state index contributed by atoms with van der Waals surface area (Å²) < 4.78 is 58.5. The molecule has 1 N–H and O–H groups in total. The van der Waals surface area contributed by atoms with E-state index >= 15 is 0 Å². The molecular formula is C35H46F3NO4. The monoisotopic (exact) mass is 601 g/mol. The van der Waals surface area contributed by atoms with Crippen LogP contribution in [0.2, 0.25) is 0 Å². The molecule has 0 bridgehead atoms. The van der Waals surface area contributed by atoms with Crippen LogP contribution >= 0.6 is 0 Å². The van der Waals surface area contributed by atoms with Crippen molar-refractivity contribution in [2.75, 3.05) is 26.4 Å². The van der Waals surface area contributed by atoms with E-state index in [1.165, 1.54) is 12.8 Å². The van der Waals surface area contributed by atoms with E-state index in [4.69, 9.17) is 19.2 Å². The number of aliphatic hydroxyl groups is 1. The number of ether oxygens (including phenoxy) is 3. The molecule has 1 aromatic carbocycles. The molecule has 5 nitrogen and oxygen atoms in total. The number of halogens is 3. The first-order valence-corrected chi connectivity index (χ1v) is 16.3. The number of hydrogen-bond acceptors (Lipinski definition) is 5. The highest BCUT2D eigenvalue weighted by molar-refractivity contribution is 5.55. The molecular weight excluding hydrogens is 555 g/mol. The van der Waals surface area contributed by atoms with Crippen molar-refractivity contribution in [1.29, 1.82) is 0 Å². The maximum atomic E-state index is 13.4. The van der Waals surface area contributed by atoms with Crippen LogP contribution in [0.4, 0.5) is 13.2 Å². The minimum Gasteiger partial charge on any atom is -0.388 e. The molecule has 2 atom stereocenters. The van der Waals surface area contributed by atoms with Gasteiger partial charge in [0.15, 0.2) is 0 Å². The summed E-state index contributed by atoms with van der Waals surface area (Å²) in [5.74, 6) is 1.07. The van der Waals surface area contributed by atoms with Crippen molar-refractivity contribution in [2.24, 2.45) is 11.3 Å². The number of aromatic nitrogens is 1. The number of pyridine rings is 1. The van der Waals surface area contributed by atoms with Crippen LogP contribution in [0.3, 0.4) is 0 Å². The summed E-state index contributed by atoms with van der Waals surface area (Å²) in [6.07, 6.45) is 3.82. The lowest BCUT2D eigenvalue weighted by Gasteiger charge is -2.48. The summed E-state index contributed by atoms with van der Waals surface area (Å²) in [6.45, 7) is 9.06. The number of fused-ring (bicyclic) bond motifs is 4. The van der Waals surface area contributed by atoms with E-state index in [2.05, 4.69) is 20.8 Å². The van der Waals surface area contributed by atoms with Crippen LogP contribution in [0.5, 0.6) is 0 Å². The van der Waals surface area contributed by atoms with Gasteiger partial charge in [0.1, 0.15) is 6.10 Å². The van der Waals surface area contributed by atoms with Gasteiger partial charge in [0, 0.05) is 62.0 Å². The molecule has 236 valence electrons. The van der Waals surface area contributed by atoms with Crippen molar-refractivity contribution in [2.45, 2.75) is 115 Å². The summed E-state index contributed by atoms with van der Waals surface area (Å²) >= 11 is 0. The van der Waals surface area contributed by atoms with Crippen molar-refractivity contribution in [3.05, 3.63) is 63.5 Å². The zero-order valence-electron chi connectivity index (χ0n) is 25.8. The van der Waals surface area contributed by atoms with Gasteiger partial charge in [-0.25, -0.2) is 0 Å². The highest BCUT2D eigenvalue weighted by Gasteiger charge is 2.54. The van der Waals surface area contributed by atoms with Gasteiger partial charge in [-0.3, -0.25) is 4.98 Å². The second-order valence-electron chi connectivity index (χ2n) is 13.8. The van der Waals surface area contributed by atoms with Crippen molar-refractivity contribution < 1.29 is 32.5 Å². The van der Waals surface area contributed by atoms with Crippen LogP contribution in [0, 0.1) is 11.3 Å². The zero-order chi connectivity index (χ0) is 30.4. The molecule has 43 heavy (non-hydrogen) atoms. The minimum atomic E-state index is -4.40. The predicted molar refractivity (Wildman–Crippen MR) is 158 cm³/mol. The van der Waals surface area contributed by atoms with E-state index in [1.54, 1.807) is 12.1 Å². The zero-order valence-corrected chi connectivity index (χ0v) is 25.8. The molecule has 7 rings (SSSR count). The Labute approximate surface area is 253 Å². The third-order valence-electron chi connectivity index (χ3n) is 10.6. The maximum Gasteiger partial charge on any atom is 0.416 e. The lowest BCUT2D eigenvalue weighted by atomic mass is 9.58. The third kappa shape index (κ3) is 5.89. The predicted octanol–water partition coefficient (Wildman–Crippen LogP) is 8.32. The molecule has 1 saturated carbocycles. The number of nitrogens with zero attached hydrogens (tertiary/aromatic N) is 1. The lowest BCUT2D eigenvalue weighted by Crippen LogP contribution is -2.41. The normalized spacial score (nSPS) is 26.0. The first-order chi connectivity index (χ1) is 20.6. The van der Waals surface area contributed by atoms with Crippen LogP contribution in [0.15, 0.2) is 24.3 Å². The van der Waals surface area contributed by atoms with E-state index < -0.39 is 29.5 Å². The third-order valence-corrected chi connectivity index (χ3v) is 10.6. The van der Waals surface area contributed by atoms with Crippen LogP contribution in [0.25, 0.3) is 0 Å². The fourth-order valence-corrected chi connectivity index (χ4v) is 7.71. The highest BCUT2D eigenvalue weighted by Crippen LogP contribution is 2.60. The maximum absolute atomic E-state index is 13.4. The molecule has 4 heterocycles. The van der Waals surface area contributed by atoms with E-state index in [-0.39, 0.29) is 11.3 Å². The Morgan fingerprint density at radius 3 is 2.14 bits per heavy atom. The highest BCUT2D eigenvalue weighted by atomic mass is 19.4. The second-order valence-corrected chi connectivity index (χ2v) is 13.8. The van der Waals surface area contributed by atoms with Crippen LogP contribution in [-0.4, -0.2) is 36.5 Å². The first kappa shape index (κ1) is 31.0. The van der Waals surface area contributed by atoms with Gasteiger partial charge in [0.2, 0.25) is 0 Å². The first-order valence-electron chi connectivity index (χ1n) is 16.3. The number of aliphatic hydroxyl groups excluding tert-OH is 1. The summed E-state index contributed by atoms with van der Waals surface area (Å²) in [6, 6.07) is 5.37. The summed E-state index contributed by atoms with van der Waals surface area (Å²) in [7, 11) is 0. The number of alkyl halides is 3. The molecule has 0 amide bonds. The molecule has 2 spiro atoms. The van der Waals surface area contributed by atoms with Gasteiger partial charge in [-0.1, -0.05) is 45.7 Å². The van der Waals surface area contributed by atoms with Crippen molar-refractivity contribution in [3.63, 3.8) is 0 Å². The number of rotatable bonds is 3. The lowest BCUT2D eigenvalue weighted by molar-refractivity contribution is -0.137. The molecule has 3 aliphatic heterocycles. The van der Waals surface area contributed by atoms with Crippen LogP contribution < -0.4 is 0 Å². The van der Waals surface area contributed by atoms with Crippen LogP contribution in [0.1, 0.15) is 136 Å². The van der Waals surface area contributed by atoms with Gasteiger partial charge in [0.25, 0.3) is 0 Å². The molecule has 5 aliphatic rings. The standard InChI is InChI=1S/C30H34F3NO4.C5H12/c31-30(32,33)20-4-2-19(3-5-20)27-24-25(29(38-27)10-14-37-15-11-29)23-21(16-28(8-1-9-28)17-22(23)35)34-26(24)18-6-12-36-13-7-18;1-4-5(2)3/h2-5,18,22,27,35H,1,6-17H2;5H,4H2,1-3H3. The van der Waals surface area contributed by atoms with E-state index in [9.17, 15) is 18.3 Å². The Hall–Kier alpha value is -2.00. The molecule has 8 heteroatoms. The van der Waals surface area contributed by atoms with E-state index in [1.807, 2.05) is 0 Å². The van der Waals surface area contributed by atoms with Gasteiger partial charge in [0.05, 0.1) is 23.0 Å². The number of benzene rings is 1. The van der Waals surface area contributed by atoms with Gasteiger partial charge in [-0.2, -0.15) is 13.2 Å². The quantitative estimate of drug-likeness (QED) is 0.383. The number of hydrogen-bond donors (Lipinski definition) is 1. The Bertz CT molecular complexity index is 1280. The van der Waals surface area contributed by atoms with E-state index in [0.29, 0.717) is 44.8 Å². The summed E-state index contributed by atoms with van der Waals surface area (Å²) in [5, 5.41) is 11.7. The van der Waals surface area contributed by atoms with Gasteiger partial charge < -0.3 is 19.3 Å². The Balaban J connectivity index is 0.000000611. The summed E-state index contributed by atoms with van der Waals surface area (Å²) in [5.41, 5.74) is 4.47. The average molecular weight is 602 g/mol. The molecule has 2 unspecified atom stereocenters. The van der Waals surface area contributed by atoms with Crippen molar-refractivity contribution in [1.82, 2.24) is 4.98 Å². The fraction of sp³-hybridized carbons (Fsp3) is 0.686.